The maximum atomic E-state index is 12.1. The number of sulfonamides is 1. The summed E-state index contributed by atoms with van der Waals surface area (Å²) in [5.74, 6) is 0.0804. The standard InChI is InChI=1S/C11H13NO5S/c1-4-12-11(13)7-5-8(16-2)9(17-3)6-10(7)18(12,14)15/h5-6H,4H2,1-3H3. The fourth-order valence-corrected chi connectivity index (χ4v) is 3.49. The summed E-state index contributed by atoms with van der Waals surface area (Å²) in [5, 5.41) is 0. The molecule has 1 amide bonds. The summed E-state index contributed by atoms with van der Waals surface area (Å²) >= 11 is 0. The van der Waals surface area contributed by atoms with Crippen LogP contribution in [0, 0.1) is 0 Å². The van der Waals surface area contributed by atoms with Gasteiger partial charge in [-0.3, -0.25) is 4.79 Å². The van der Waals surface area contributed by atoms with Gasteiger partial charge in [-0.05, 0) is 13.0 Å². The van der Waals surface area contributed by atoms with E-state index in [1.54, 1.807) is 6.92 Å². The molecule has 0 unspecified atom stereocenters. The largest absolute Gasteiger partial charge is 0.493 e. The lowest BCUT2D eigenvalue weighted by molar-refractivity contribution is 0.0875. The number of carbonyl (C=O) groups excluding carboxylic acids is 1. The zero-order valence-electron chi connectivity index (χ0n) is 10.3. The number of benzene rings is 1. The molecule has 0 N–H and O–H groups in total. The third kappa shape index (κ3) is 1.54. The maximum absolute atomic E-state index is 12.1. The first-order chi connectivity index (χ1) is 8.47. The second-order valence-electron chi connectivity index (χ2n) is 3.68. The van der Waals surface area contributed by atoms with Gasteiger partial charge in [-0.1, -0.05) is 0 Å². The Bertz CT molecular complexity index is 608. The van der Waals surface area contributed by atoms with Gasteiger partial charge in [0.2, 0.25) is 0 Å². The molecule has 98 valence electrons. The van der Waals surface area contributed by atoms with Crippen molar-refractivity contribution in [2.75, 3.05) is 20.8 Å². The van der Waals surface area contributed by atoms with Crippen molar-refractivity contribution in [3.8, 4) is 11.5 Å². The predicted molar refractivity (Wildman–Crippen MR) is 63.4 cm³/mol. The van der Waals surface area contributed by atoms with Crippen molar-refractivity contribution in [3.63, 3.8) is 0 Å². The van der Waals surface area contributed by atoms with Crippen LogP contribution >= 0.6 is 0 Å². The first-order valence-electron chi connectivity index (χ1n) is 5.30. The molecule has 1 aliphatic rings. The van der Waals surface area contributed by atoms with Gasteiger partial charge in [-0.25, -0.2) is 12.7 Å². The minimum Gasteiger partial charge on any atom is -0.493 e. The van der Waals surface area contributed by atoms with Crippen molar-refractivity contribution < 1.29 is 22.7 Å². The zero-order valence-corrected chi connectivity index (χ0v) is 11.1. The summed E-state index contributed by atoms with van der Waals surface area (Å²) in [6, 6.07) is 2.71. The van der Waals surface area contributed by atoms with E-state index in [-0.39, 0.29) is 22.8 Å². The normalized spacial score (nSPS) is 16.6. The first-order valence-corrected chi connectivity index (χ1v) is 6.74. The van der Waals surface area contributed by atoms with Gasteiger partial charge in [-0.15, -0.1) is 0 Å². The molecule has 0 radical (unpaired) electrons. The fraction of sp³-hybridized carbons (Fsp3) is 0.364. The van der Waals surface area contributed by atoms with Crippen molar-refractivity contribution in [2.45, 2.75) is 11.8 Å². The first kappa shape index (κ1) is 12.7. The van der Waals surface area contributed by atoms with E-state index in [0.29, 0.717) is 5.75 Å². The van der Waals surface area contributed by atoms with Gasteiger partial charge < -0.3 is 9.47 Å². The minimum atomic E-state index is -3.75. The lowest BCUT2D eigenvalue weighted by Crippen LogP contribution is -2.29. The van der Waals surface area contributed by atoms with Crippen molar-refractivity contribution in [2.24, 2.45) is 0 Å². The molecule has 1 aromatic rings. The highest BCUT2D eigenvalue weighted by molar-refractivity contribution is 7.90. The van der Waals surface area contributed by atoms with Gasteiger partial charge in [0.05, 0.1) is 19.8 Å². The molecule has 0 saturated heterocycles. The highest BCUT2D eigenvalue weighted by atomic mass is 32.2. The van der Waals surface area contributed by atoms with Crippen LogP contribution in [0.3, 0.4) is 0 Å². The summed E-state index contributed by atoms with van der Waals surface area (Å²) in [7, 11) is -0.921. The van der Waals surface area contributed by atoms with E-state index in [1.807, 2.05) is 0 Å². The van der Waals surface area contributed by atoms with Gasteiger partial charge in [-0.2, -0.15) is 0 Å². The van der Waals surface area contributed by atoms with Crippen LogP contribution in [-0.2, 0) is 10.0 Å². The van der Waals surface area contributed by atoms with Gasteiger partial charge >= 0.3 is 0 Å². The highest BCUT2D eigenvalue weighted by Gasteiger charge is 2.41. The lowest BCUT2D eigenvalue weighted by atomic mass is 10.2. The van der Waals surface area contributed by atoms with Crippen LogP contribution < -0.4 is 9.47 Å². The molecule has 0 bridgehead atoms. The number of carbonyl (C=O) groups is 1. The third-order valence-electron chi connectivity index (χ3n) is 2.80. The van der Waals surface area contributed by atoms with E-state index in [4.69, 9.17) is 9.47 Å². The summed E-state index contributed by atoms with van der Waals surface area (Å²) in [6.07, 6.45) is 0. The Morgan fingerprint density at radius 1 is 1.17 bits per heavy atom. The second kappa shape index (κ2) is 4.16. The van der Waals surface area contributed by atoms with E-state index in [1.165, 1.54) is 26.4 Å². The zero-order chi connectivity index (χ0) is 13.5. The second-order valence-corrected chi connectivity index (χ2v) is 5.51. The van der Waals surface area contributed by atoms with Gasteiger partial charge in [0, 0.05) is 12.6 Å². The quantitative estimate of drug-likeness (QED) is 0.815. The van der Waals surface area contributed by atoms with E-state index >= 15 is 0 Å². The van der Waals surface area contributed by atoms with Crippen LogP contribution in [0.15, 0.2) is 17.0 Å². The number of rotatable bonds is 3. The Balaban J connectivity index is 2.73. The Labute approximate surface area is 105 Å². The Hall–Kier alpha value is -1.76. The van der Waals surface area contributed by atoms with E-state index < -0.39 is 15.9 Å². The number of hydrogen-bond acceptors (Lipinski definition) is 5. The number of methoxy groups -OCH3 is 2. The van der Waals surface area contributed by atoms with Crippen LogP contribution in [0.2, 0.25) is 0 Å². The van der Waals surface area contributed by atoms with E-state index in [9.17, 15) is 13.2 Å². The van der Waals surface area contributed by atoms with Crippen LogP contribution in [0.25, 0.3) is 0 Å². The molecular formula is C11H13NO5S. The van der Waals surface area contributed by atoms with Crippen molar-refractivity contribution in [1.29, 1.82) is 0 Å². The molecule has 18 heavy (non-hydrogen) atoms. The summed E-state index contributed by atoms with van der Waals surface area (Å²) in [6.45, 7) is 1.70. The van der Waals surface area contributed by atoms with E-state index in [0.717, 1.165) is 4.31 Å². The molecule has 0 atom stereocenters. The van der Waals surface area contributed by atoms with Gasteiger partial charge in [0.15, 0.2) is 11.5 Å². The molecule has 0 saturated carbocycles. The van der Waals surface area contributed by atoms with Gasteiger partial charge in [0.25, 0.3) is 15.9 Å². The third-order valence-corrected chi connectivity index (χ3v) is 4.70. The average molecular weight is 271 g/mol. The van der Waals surface area contributed by atoms with Crippen LogP contribution in [0.4, 0.5) is 0 Å². The van der Waals surface area contributed by atoms with Crippen molar-refractivity contribution in [1.82, 2.24) is 4.31 Å². The number of nitrogens with zero attached hydrogens (tertiary/aromatic N) is 1. The molecule has 1 heterocycles. The molecule has 0 fully saturated rings. The molecule has 2 rings (SSSR count). The van der Waals surface area contributed by atoms with Gasteiger partial charge in [0.1, 0.15) is 4.90 Å². The molecule has 0 aliphatic carbocycles. The predicted octanol–water partition coefficient (Wildman–Crippen LogP) is 0.868. The number of amides is 1. The molecular weight excluding hydrogens is 258 g/mol. The SMILES string of the molecule is CCN1C(=O)c2cc(OC)c(OC)cc2S1(=O)=O. The number of ether oxygens (including phenoxy) is 2. The summed E-state index contributed by atoms with van der Waals surface area (Å²) in [5.41, 5.74) is 0.120. The van der Waals surface area contributed by atoms with Crippen LogP contribution in [0.1, 0.15) is 17.3 Å². The molecule has 0 aromatic heterocycles. The number of fused-ring (bicyclic) bond motifs is 1. The maximum Gasteiger partial charge on any atom is 0.269 e. The summed E-state index contributed by atoms with van der Waals surface area (Å²) in [4.78, 5) is 11.9. The Kier molecular flexibility index (Phi) is 2.94. The summed E-state index contributed by atoms with van der Waals surface area (Å²) < 4.78 is 35.1. The molecule has 7 heteroatoms. The fourth-order valence-electron chi connectivity index (χ4n) is 1.92. The van der Waals surface area contributed by atoms with E-state index in [2.05, 4.69) is 0 Å². The molecule has 1 aliphatic heterocycles. The molecule has 6 nitrogen and oxygen atoms in total. The highest BCUT2D eigenvalue weighted by Crippen LogP contribution is 2.38. The Morgan fingerprint density at radius 3 is 2.22 bits per heavy atom. The average Bonchev–Trinajstić information content (AvgIpc) is 2.55. The molecule has 1 aromatic carbocycles. The Morgan fingerprint density at radius 2 is 1.72 bits per heavy atom. The monoisotopic (exact) mass is 271 g/mol. The van der Waals surface area contributed by atoms with Crippen LogP contribution in [0.5, 0.6) is 11.5 Å². The minimum absolute atomic E-state index is 0.0352. The smallest absolute Gasteiger partial charge is 0.269 e. The van der Waals surface area contributed by atoms with Crippen molar-refractivity contribution >= 4 is 15.9 Å². The topological polar surface area (TPSA) is 72.9 Å². The lowest BCUT2D eigenvalue weighted by Gasteiger charge is -2.11. The van der Waals surface area contributed by atoms with Crippen LogP contribution in [-0.4, -0.2) is 39.4 Å². The molecule has 0 spiro atoms. The number of hydrogen-bond donors (Lipinski definition) is 0. The van der Waals surface area contributed by atoms with Crippen molar-refractivity contribution in [3.05, 3.63) is 17.7 Å².